The van der Waals surface area contributed by atoms with Crippen molar-refractivity contribution in [3.63, 3.8) is 0 Å². The molecule has 186 valence electrons. The maximum atomic E-state index is 13.4. The normalized spacial score (nSPS) is 13.3. The zero-order chi connectivity index (χ0) is 25.5. The lowest BCUT2D eigenvalue weighted by molar-refractivity contribution is -0.145. The fourth-order valence-corrected chi connectivity index (χ4v) is 3.43. The predicted molar refractivity (Wildman–Crippen MR) is 133 cm³/mol. The van der Waals surface area contributed by atoms with E-state index < -0.39 is 23.3 Å². The van der Waals surface area contributed by atoms with Crippen LogP contribution in [0.25, 0.3) is 0 Å². The third-order valence-corrected chi connectivity index (χ3v) is 5.73. The van der Waals surface area contributed by atoms with Gasteiger partial charge in [0.25, 0.3) is 0 Å². The van der Waals surface area contributed by atoms with Crippen LogP contribution in [-0.2, 0) is 22.6 Å². The third kappa shape index (κ3) is 6.73. The first-order valence-electron chi connectivity index (χ1n) is 11.3. The molecular weight excluding hydrogens is 472 g/mol. The molecule has 35 heavy (non-hydrogen) atoms. The molecule has 2 aromatic carbocycles. The summed E-state index contributed by atoms with van der Waals surface area (Å²) in [5.41, 5.74) is 0.114. The highest BCUT2D eigenvalue weighted by Crippen LogP contribution is 2.19. The molecule has 0 radical (unpaired) electrons. The Labute approximate surface area is 207 Å². The number of benzene rings is 2. The first-order valence-corrected chi connectivity index (χ1v) is 11.7. The molecule has 3 rings (SSSR count). The van der Waals surface area contributed by atoms with Crippen LogP contribution in [0.2, 0.25) is 5.02 Å². The van der Waals surface area contributed by atoms with E-state index in [-0.39, 0.29) is 24.8 Å². The van der Waals surface area contributed by atoms with Gasteiger partial charge in [-0.1, -0.05) is 37.6 Å². The molecule has 0 aliphatic heterocycles. The summed E-state index contributed by atoms with van der Waals surface area (Å²) < 4.78 is 12.8. The monoisotopic (exact) mass is 500 g/mol. The number of halogens is 1. The topological polar surface area (TPSA) is 108 Å². The molecular formula is C25H29ClN4O5. The molecule has 1 N–H and O–H groups in total. The van der Waals surface area contributed by atoms with Gasteiger partial charge in [-0.3, -0.25) is 14.3 Å². The van der Waals surface area contributed by atoms with Crippen molar-refractivity contribution in [1.82, 2.24) is 14.1 Å². The van der Waals surface area contributed by atoms with Crippen LogP contribution in [-0.4, -0.2) is 33.3 Å². The number of rotatable bonds is 9. The molecule has 0 saturated heterocycles. The number of methoxy groups -OCH3 is 1. The molecule has 9 nitrogen and oxygen atoms in total. The molecule has 1 aromatic heterocycles. The summed E-state index contributed by atoms with van der Waals surface area (Å²) in [5, 5.41) is 0.564. The van der Waals surface area contributed by atoms with Crippen molar-refractivity contribution in [1.29, 1.82) is 0 Å². The van der Waals surface area contributed by atoms with Crippen LogP contribution >= 0.6 is 11.6 Å². The van der Waals surface area contributed by atoms with E-state index in [9.17, 15) is 14.4 Å². The Balaban J connectivity index is 2.08. The highest BCUT2D eigenvalue weighted by molar-refractivity contribution is 6.30. The van der Waals surface area contributed by atoms with Gasteiger partial charge in [0, 0.05) is 11.6 Å². The minimum absolute atomic E-state index is 0.0764. The number of carbonyl (C=O) groups excluding carboxylic acids is 1. The van der Waals surface area contributed by atoms with Gasteiger partial charge in [0.1, 0.15) is 5.75 Å². The number of nitrogens with zero attached hydrogens (tertiary/aromatic N) is 3. The van der Waals surface area contributed by atoms with E-state index in [1.807, 2.05) is 13.8 Å². The van der Waals surface area contributed by atoms with Crippen molar-refractivity contribution in [2.75, 3.05) is 7.11 Å². The molecule has 0 fully saturated rings. The number of carbonyl (C=O) groups is 1. The summed E-state index contributed by atoms with van der Waals surface area (Å²) in [5.74, 6) is -0.509. The standard InChI is InChI=1S/C25H29ClN4O5/c1-5-17(3)35-21-12-10-20(11-13-21)27-23-28-24(32)30(14-16(2)22(31)34-4)25(33)29(23)15-18-6-8-19(26)9-7-18/h6-13,16-17H,5,14-15H2,1-4H3,(H,27,28,32)/t16-,17+/m0/s1. The van der Waals surface area contributed by atoms with Crippen molar-refractivity contribution in [2.24, 2.45) is 10.9 Å². The molecule has 2 atom stereocenters. The SMILES string of the molecule is CC[C@@H](C)Oc1ccc(/N=c2\[nH]c(=O)n(C[C@H](C)C(=O)OC)c(=O)n2Cc2ccc(Cl)cc2)cc1. The van der Waals surface area contributed by atoms with Crippen molar-refractivity contribution in [3.8, 4) is 5.75 Å². The maximum Gasteiger partial charge on any atom is 0.335 e. The smallest absolute Gasteiger partial charge is 0.335 e. The molecule has 0 unspecified atom stereocenters. The highest BCUT2D eigenvalue weighted by atomic mass is 35.5. The largest absolute Gasteiger partial charge is 0.491 e. The summed E-state index contributed by atoms with van der Waals surface area (Å²) in [6, 6.07) is 14.1. The summed E-state index contributed by atoms with van der Waals surface area (Å²) in [6.07, 6.45) is 0.957. The highest BCUT2D eigenvalue weighted by Gasteiger charge is 2.18. The second-order valence-electron chi connectivity index (χ2n) is 8.23. The zero-order valence-electron chi connectivity index (χ0n) is 20.2. The van der Waals surface area contributed by atoms with Crippen molar-refractivity contribution in [2.45, 2.75) is 46.4 Å². The Morgan fingerprint density at radius 3 is 2.31 bits per heavy atom. The van der Waals surface area contributed by atoms with Gasteiger partial charge in [0.15, 0.2) is 0 Å². The molecule has 10 heteroatoms. The van der Waals surface area contributed by atoms with E-state index >= 15 is 0 Å². The predicted octanol–water partition coefficient (Wildman–Crippen LogP) is 3.26. The van der Waals surface area contributed by atoms with Crippen LogP contribution in [0.1, 0.15) is 32.8 Å². The number of hydrogen-bond acceptors (Lipinski definition) is 6. The number of ether oxygens (including phenoxy) is 2. The number of aromatic amines is 1. The fraction of sp³-hybridized carbons (Fsp3) is 0.360. The molecule has 0 bridgehead atoms. The molecule has 3 aromatic rings. The Kier molecular flexibility index (Phi) is 8.70. The second kappa shape index (κ2) is 11.7. The van der Waals surface area contributed by atoms with Crippen LogP contribution in [0.15, 0.2) is 63.1 Å². The third-order valence-electron chi connectivity index (χ3n) is 5.48. The van der Waals surface area contributed by atoms with Gasteiger partial charge in [-0.05, 0) is 55.3 Å². The zero-order valence-corrected chi connectivity index (χ0v) is 20.9. The Morgan fingerprint density at radius 1 is 1.06 bits per heavy atom. The Hall–Kier alpha value is -3.59. The summed E-state index contributed by atoms with van der Waals surface area (Å²) in [4.78, 5) is 45.2. The molecule has 0 saturated carbocycles. The van der Waals surface area contributed by atoms with Gasteiger partial charge in [-0.15, -0.1) is 0 Å². The molecule has 0 amide bonds. The lowest BCUT2D eigenvalue weighted by Crippen LogP contribution is -2.51. The van der Waals surface area contributed by atoms with E-state index in [1.54, 1.807) is 55.5 Å². The van der Waals surface area contributed by atoms with Gasteiger partial charge in [0.2, 0.25) is 5.62 Å². The van der Waals surface area contributed by atoms with Crippen LogP contribution in [0, 0.1) is 5.92 Å². The molecule has 0 spiro atoms. The number of aromatic nitrogens is 3. The Morgan fingerprint density at radius 2 is 1.71 bits per heavy atom. The number of esters is 1. The van der Waals surface area contributed by atoms with Crippen LogP contribution < -0.4 is 21.7 Å². The van der Waals surface area contributed by atoms with Crippen LogP contribution in [0.3, 0.4) is 0 Å². The average Bonchev–Trinajstić information content (AvgIpc) is 2.85. The van der Waals surface area contributed by atoms with Crippen LogP contribution in [0.5, 0.6) is 5.75 Å². The van der Waals surface area contributed by atoms with E-state index in [4.69, 9.17) is 21.1 Å². The lowest BCUT2D eigenvalue weighted by Gasteiger charge is -2.14. The van der Waals surface area contributed by atoms with Crippen molar-refractivity contribution < 1.29 is 14.3 Å². The van der Waals surface area contributed by atoms with Crippen molar-refractivity contribution >= 4 is 23.3 Å². The second-order valence-corrected chi connectivity index (χ2v) is 8.66. The summed E-state index contributed by atoms with van der Waals surface area (Å²) in [6.45, 7) is 5.61. The fourth-order valence-electron chi connectivity index (χ4n) is 3.30. The molecule has 1 heterocycles. The van der Waals surface area contributed by atoms with Gasteiger partial charge in [-0.25, -0.2) is 19.1 Å². The average molecular weight is 501 g/mol. The number of nitrogens with one attached hydrogen (secondary N) is 1. The van der Waals surface area contributed by atoms with Crippen molar-refractivity contribution in [3.05, 3.63) is 85.7 Å². The quantitative estimate of drug-likeness (QED) is 0.454. The number of hydrogen-bond donors (Lipinski definition) is 1. The van der Waals surface area contributed by atoms with E-state index in [2.05, 4.69) is 9.98 Å². The minimum Gasteiger partial charge on any atom is -0.491 e. The first-order chi connectivity index (χ1) is 16.7. The van der Waals surface area contributed by atoms with E-state index in [0.29, 0.717) is 16.5 Å². The lowest BCUT2D eigenvalue weighted by atomic mass is 10.2. The van der Waals surface area contributed by atoms with Gasteiger partial charge in [0.05, 0.1) is 31.4 Å². The minimum atomic E-state index is -0.691. The van der Waals surface area contributed by atoms with Gasteiger partial charge >= 0.3 is 17.3 Å². The van der Waals surface area contributed by atoms with E-state index in [1.165, 1.54) is 11.7 Å². The summed E-state index contributed by atoms with van der Waals surface area (Å²) in [7, 11) is 1.26. The van der Waals surface area contributed by atoms with Gasteiger partial charge < -0.3 is 9.47 Å². The van der Waals surface area contributed by atoms with Gasteiger partial charge in [-0.2, -0.15) is 0 Å². The first kappa shape index (κ1) is 26.0. The molecule has 0 aliphatic rings. The summed E-state index contributed by atoms with van der Waals surface area (Å²) >= 11 is 5.99. The number of H-pyrrole nitrogens is 1. The van der Waals surface area contributed by atoms with Crippen LogP contribution in [0.4, 0.5) is 5.69 Å². The molecule has 0 aliphatic carbocycles. The van der Waals surface area contributed by atoms with E-state index in [0.717, 1.165) is 16.6 Å². The Bertz CT molecular complexity index is 1340. The maximum absolute atomic E-state index is 13.4.